The number of nitrogens with one attached hydrogen (secondary N) is 1. The second-order valence-corrected chi connectivity index (χ2v) is 7.68. The predicted octanol–water partition coefficient (Wildman–Crippen LogP) is 2.03. The zero-order chi connectivity index (χ0) is 19.9. The lowest BCUT2D eigenvalue weighted by Gasteiger charge is -2.49. The smallest absolute Gasteiger partial charge is 0.418 e. The number of carbonyl (C=O) groups is 2. The Labute approximate surface area is 159 Å². The number of halogens is 3. The van der Waals surface area contributed by atoms with Crippen LogP contribution in [-0.4, -0.2) is 64.5 Å². The van der Waals surface area contributed by atoms with Gasteiger partial charge in [-0.25, -0.2) is 4.79 Å². The lowest BCUT2D eigenvalue weighted by Crippen LogP contribution is -2.70. The van der Waals surface area contributed by atoms with Gasteiger partial charge in [-0.1, -0.05) is 0 Å². The first-order valence-electron chi connectivity index (χ1n) is 9.28. The molecular formula is C18H21F3N4O3. The van der Waals surface area contributed by atoms with E-state index in [2.05, 4.69) is 10.3 Å². The van der Waals surface area contributed by atoms with Gasteiger partial charge in [0.2, 0.25) is 5.91 Å². The highest BCUT2D eigenvalue weighted by molar-refractivity contribution is 5.82. The van der Waals surface area contributed by atoms with E-state index in [-0.39, 0.29) is 29.3 Å². The van der Waals surface area contributed by atoms with Crippen molar-refractivity contribution in [2.24, 2.45) is 0 Å². The molecule has 10 heteroatoms. The molecule has 3 aliphatic rings. The van der Waals surface area contributed by atoms with Crippen molar-refractivity contribution in [1.82, 2.24) is 20.1 Å². The van der Waals surface area contributed by atoms with Crippen molar-refractivity contribution >= 4 is 11.9 Å². The summed E-state index contributed by atoms with van der Waals surface area (Å²) in [7, 11) is 0. The number of pyridine rings is 1. The number of piperidine rings is 1. The van der Waals surface area contributed by atoms with Gasteiger partial charge in [-0.05, 0) is 12.5 Å². The molecule has 0 bridgehead atoms. The fraction of sp³-hybridized carbons (Fsp3) is 0.611. The number of ether oxygens (including phenoxy) is 1. The Bertz CT molecular complexity index is 772. The number of aromatic nitrogens is 1. The molecule has 1 spiro atoms. The van der Waals surface area contributed by atoms with Crippen LogP contribution in [0.3, 0.4) is 0 Å². The number of rotatable bonds is 2. The van der Waals surface area contributed by atoms with Crippen molar-refractivity contribution < 1.29 is 27.5 Å². The SMILES string of the molecule is O=C1CCC2(CN(C(=O)N3CCC(Oc4cncc(C(F)(F)F)c4)CC3)C2)N1. The maximum Gasteiger partial charge on any atom is 0.418 e. The van der Waals surface area contributed by atoms with Crippen LogP contribution in [0, 0.1) is 0 Å². The molecule has 3 amide bonds. The van der Waals surface area contributed by atoms with Crippen LogP contribution in [-0.2, 0) is 11.0 Å². The van der Waals surface area contributed by atoms with E-state index in [9.17, 15) is 22.8 Å². The first-order chi connectivity index (χ1) is 13.2. The highest BCUT2D eigenvalue weighted by Gasteiger charge is 2.50. The van der Waals surface area contributed by atoms with Crippen molar-refractivity contribution in [3.8, 4) is 5.75 Å². The Hall–Kier alpha value is -2.52. The fourth-order valence-corrected chi connectivity index (χ4v) is 4.03. The van der Waals surface area contributed by atoms with Gasteiger partial charge in [0, 0.05) is 51.6 Å². The van der Waals surface area contributed by atoms with Crippen molar-refractivity contribution in [3.63, 3.8) is 0 Å². The summed E-state index contributed by atoms with van der Waals surface area (Å²) in [6.07, 6.45) is -0.342. The maximum atomic E-state index is 12.8. The topological polar surface area (TPSA) is 74.8 Å². The minimum absolute atomic E-state index is 0.0362. The molecule has 152 valence electrons. The van der Waals surface area contributed by atoms with Crippen LogP contribution in [0.2, 0.25) is 0 Å². The summed E-state index contributed by atoms with van der Waals surface area (Å²) in [5.74, 6) is 0.121. The van der Waals surface area contributed by atoms with Crippen LogP contribution in [0.15, 0.2) is 18.5 Å². The minimum Gasteiger partial charge on any atom is -0.489 e. The average Bonchev–Trinajstić information content (AvgIpc) is 3.02. The van der Waals surface area contributed by atoms with Gasteiger partial charge < -0.3 is 19.9 Å². The highest BCUT2D eigenvalue weighted by atomic mass is 19.4. The van der Waals surface area contributed by atoms with Crippen LogP contribution in [0.1, 0.15) is 31.2 Å². The molecule has 0 aliphatic carbocycles. The molecule has 0 aromatic carbocycles. The van der Waals surface area contributed by atoms with E-state index in [0.29, 0.717) is 45.4 Å². The molecule has 3 aliphatic heterocycles. The second kappa shape index (κ2) is 6.82. The minimum atomic E-state index is -4.46. The largest absolute Gasteiger partial charge is 0.489 e. The number of hydrogen-bond acceptors (Lipinski definition) is 4. The molecule has 4 rings (SSSR count). The van der Waals surface area contributed by atoms with E-state index in [1.807, 2.05) is 0 Å². The zero-order valence-corrected chi connectivity index (χ0v) is 15.2. The van der Waals surface area contributed by atoms with E-state index in [0.717, 1.165) is 18.7 Å². The fourth-order valence-electron chi connectivity index (χ4n) is 4.03. The van der Waals surface area contributed by atoms with Gasteiger partial charge in [-0.2, -0.15) is 13.2 Å². The number of amides is 3. The van der Waals surface area contributed by atoms with Gasteiger partial charge in [0.15, 0.2) is 0 Å². The average molecular weight is 398 g/mol. The van der Waals surface area contributed by atoms with E-state index in [1.165, 1.54) is 6.20 Å². The Morgan fingerprint density at radius 3 is 2.54 bits per heavy atom. The molecule has 7 nitrogen and oxygen atoms in total. The molecule has 0 atom stereocenters. The quantitative estimate of drug-likeness (QED) is 0.827. The third-order valence-corrected chi connectivity index (χ3v) is 5.55. The number of alkyl halides is 3. The molecule has 4 heterocycles. The number of carbonyl (C=O) groups excluding carboxylic acids is 2. The van der Waals surface area contributed by atoms with Crippen LogP contribution in [0.25, 0.3) is 0 Å². The standard InChI is InChI=1S/C18H21F3N4O3/c19-18(20,21)12-7-14(9-22-8-12)28-13-2-5-24(6-3-13)16(27)25-10-17(11-25)4-1-15(26)23-17/h7-9,13H,1-6,10-11H2,(H,23,26). The van der Waals surface area contributed by atoms with Gasteiger partial charge in [0.05, 0.1) is 17.3 Å². The van der Waals surface area contributed by atoms with Crippen molar-refractivity contribution in [2.75, 3.05) is 26.2 Å². The zero-order valence-electron chi connectivity index (χ0n) is 15.2. The van der Waals surface area contributed by atoms with Crippen LogP contribution < -0.4 is 10.1 Å². The summed E-state index contributed by atoms with van der Waals surface area (Å²) in [4.78, 5) is 31.0. The maximum absolute atomic E-state index is 12.8. The van der Waals surface area contributed by atoms with Gasteiger partial charge in [0.1, 0.15) is 11.9 Å². The lowest BCUT2D eigenvalue weighted by molar-refractivity contribution is -0.138. The number of likely N-dealkylation sites (tertiary alicyclic amines) is 2. The van der Waals surface area contributed by atoms with Crippen LogP contribution in [0.5, 0.6) is 5.75 Å². The van der Waals surface area contributed by atoms with Gasteiger partial charge >= 0.3 is 12.2 Å². The first kappa shape index (κ1) is 18.8. The molecule has 0 saturated carbocycles. The molecule has 28 heavy (non-hydrogen) atoms. The van der Waals surface area contributed by atoms with Gasteiger partial charge in [0.25, 0.3) is 0 Å². The van der Waals surface area contributed by atoms with E-state index in [1.54, 1.807) is 9.80 Å². The third kappa shape index (κ3) is 3.72. The van der Waals surface area contributed by atoms with Crippen molar-refractivity contribution in [3.05, 3.63) is 24.0 Å². The summed E-state index contributed by atoms with van der Waals surface area (Å²) >= 11 is 0. The number of nitrogens with zero attached hydrogens (tertiary/aromatic N) is 3. The van der Waals surface area contributed by atoms with E-state index in [4.69, 9.17) is 4.74 Å². The number of hydrogen-bond donors (Lipinski definition) is 1. The molecule has 0 unspecified atom stereocenters. The van der Waals surface area contributed by atoms with Crippen LogP contribution >= 0.6 is 0 Å². The summed E-state index contributed by atoms with van der Waals surface area (Å²) in [6, 6.07) is 0.880. The Kier molecular flexibility index (Phi) is 4.59. The summed E-state index contributed by atoms with van der Waals surface area (Å²) < 4.78 is 43.9. The summed E-state index contributed by atoms with van der Waals surface area (Å²) in [5, 5.41) is 2.95. The Balaban J connectivity index is 1.26. The Morgan fingerprint density at radius 1 is 1.21 bits per heavy atom. The highest BCUT2D eigenvalue weighted by Crippen LogP contribution is 2.33. The molecule has 1 aromatic heterocycles. The summed E-state index contributed by atoms with van der Waals surface area (Å²) in [5.41, 5.74) is -1.09. The molecular weight excluding hydrogens is 377 g/mol. The monoisotopic (exact) mass is 398 g/mol. The molecule has 3 fully saturated rings. The normalized spacial score (nSPS) is 22.2. The van der Waals surface area contributed by atoms with E-state index >= 15 is 0 Å². The predicted molar refractivity (Wildman–Crippen MR) is 91.5 cm³/mol. The van der Waals surface area contributed by atoms with E-state index < -0.39 is 11.7 Å². The first-order valence-corrected chi connectivity index (χ1v) is 9.28. The lowest BCUT2D eigenvalue weighted by atomic mass is 9.88. The molecule has 3 saturated heterocycles. The molecule has 1 N–H and O–H groups in total. The van der Waals surface area contributed by atoms with Crippen molar-refractivity contribution in [2.45, 2.75) is 43.5 Å². The van der Waals surface area contributed by atoms with Crippen LogP contribution in [0.4, 0.5) is 18.0 Å². The van der Waals surface area contributed by atoms with Crippen molar-refractivity contribution in [1.29, 1.82) is 0 Å². The number of urea groups is 1. The van der Waals surface area contributed by atoms with Gasteiger partial charge in [-0.15, -0.1) is 0 Å². The third-order valence-electron chi connectivity index (χ3n) is 5.55. The van der Waals surface area contributed by atoms with Gasteiger partial charge in [-0.3, -0.25) is 9.78 Å². The Morgan fingerprint density at radius 2 is 1.93 bits per heavy atom. The second-order valence-electron chi connectivity index (χ2n) is 7.68. The summed E-state index contributed by atoms with van der Waals surface area (Å²) in [6.45, 7) is 2.02. The molecule has 1 aromatic rings. The molecule has 0 radical (unpaired) electrons.